The van der Waals surface area contributed by atoms with Crippen LogP contribution >= 0.6 is 34.4 Å². The number of carbonyl (C=O) groups excluding carboxylic acids is 1. The molecule has 43 heavy (non-hydrogen) atoms. The van der Waals surface area contributed by atoms with Crippen LogP contribution in [0.25, 0.3) is 21.8 Å². The van der Waals surface area contributed by atoms with Crippen molar-refractivity contribution in [2.75, 3.05) is 18.2 Å². The highest BCUT2D eigenvalue weighted by atomic mass is 32.2. The van der Waals surface area contributed by atoms with Gasteiger partial charge in [0.25, 0.3) is 5.91 Å². The van der Waals surface area contributed by atoms with Gasteiger partial charge in [-0.1, -0.05) is 24.3 Å². The second-order valence-electron chi connectivity index (χ2n) is 9.29. The Morgan fingerprint density at radius 1 is 1.16 bits per heavy atom. The molecule has 0 saturated carbocycles. The predicted molar refractivity (Wildman–Crippen MR) is 165 cm³/mol. The average molecular weight is 649 g/mol. The Hall–Kier alpha value is -3.88. The Labute approximate surface area is 257 Å². The van der Waals surface area contributed by atoms with Crippen LogP contribution in [-0.4, -0.2) is 46.8 Å². The lowest BCUT2D eigenvalue weighted by atomic mass is 9.90. The average Bonchev–Trinajstić information content (AvgIpc) is 3.64. The van der Waals surface area contributed by atoms with E-state index in [0.29, 0.717) is 5.75 Å². The van der Waals surface area contributed by atoms with E-state index in [2.05, 4.69) is 11.4 Å². The van der Waals surface area contributed by atoms with Crippen LogP contribution < -0.4 is 15.8 Å². The van der Waals surface area contributed by atoms with Gasteiger partial charge in [-0.25, -0.2) is 9.78 Å². The van der Waals surface area contributed by atoms with Crippen molar-refractivity contribution in [3.05, 3.63) is 69.9 Å². The molecule has 8 nitrogen and oxygen atoms in total. The number of amides is 1. The number of nitrogens with one attached hydrogen (secondary N) is 2. The number of rotatable bonds is 8. The molecule has 4 aromatic rings. The minimum absolute atomic E-state index is 0.0603. The van der Waals surface area contributed by atoms with Gasteiger partial charge in [-0.05, 0) is 67.3 Å². The maximum Gasteiger partial charge on any atom is 0.490 e. The smallest absolute Gasteiger partial charge is 0.484 e. The van der Waals surface area contributed by atoms with Crippen LogP contribution in [-0.2, 0) is 22.4 Å². The number of halogens is 3. The van der Waals surface area contributed by atoms with Gasteiger partial charge < -0.3 is 20.9 Å². The summed E-state index contributed by atoms with van der Waals surface area (Å²) >= 11 is 4.69. The van der Waals surface area contributed by atoms with E-state index >= 15 is 0 Å². The highest BCUT2D eigenvalue weighted by molar-refractivity contribution is 8.00. The Morgan fingerprint density at radius 2 is 1.88 bits per heavy atom. The molecule has 0 atom stereocenters. The van der Waals surface area contributed by atoms with Crippen LogP contribution in [0, 0.1) is 5.41 Å². The molecule has 1 amide bonds. The molecule has 2 aromatic heterocycles. The second-order valence-corrected chi connectivity index (χ2v) is 12.3. The van der Waals surface area contributed by atoms with E-state index in [1.54, 1.807) is 23.1 Å². The zero-order chi connectivity index (χ0) is 31.1. The van der Waals surface area contributed by atoms with E-state index in [4.69, 9.17) is 30.8 Å². The molecule has 5 N–H and O–H groups in total. The molecule has 2 aromatic carbocycles. The van der Waals surface area contributed by atoms with Crippen molar-refractivity contribution in [3.8, 4) is 27.6 Å². The SMILES string of the molecule is CSc1sc(C(=N)N)cc1-c1nc(-c2cccc(OCC(=O)Nc3cccc4c3CCCC4)c2)cs1.O=C(O)C(F)(F)F. The summed E-state index contributed by atoms with van der Waals surface area (Å²) in [6, 6.07) is 15.7. The standard InChI is InChI=1S/C27H26N4O2S3.C2HF3O2/c1-34-27-20(13-23(36-27)25(28)29)26-31-22(15-35-26)17-8-4-9-18(12-17)33-14-24(32)30-21-11-5-7-16-6-2-3-10-19(16)21;3-2(4,5)1(6)7/h4-5,7-9,11-13,15H,2-3,6,10,14H2,1H3,(H3,28,29)(H,30,32);(H,6,7). The number of carboxylic acid groups (broad SMARTS) is 1. The number of nitrogens with two attached hydrogens (primary N) is 1. The summed E-state index contributed by atoms with van der Waals surface area (Å²) in [5.41, 5.74) is 11.9. The summed E-state index contributed by atoms with van der Waals surface area (Å²) < 4.78 is 38.7. The first-order valence-electron chi connectivity index (χ1n) is 12.9. The zero-order valence-electron chi connectivity index (χ0n) is 22.8. The number of hydrogen-bond donors (Lipinski definition) is 4. The number of aliphatic carboxylic acids is 1. The van der Waals surface area contributed by atoms with Crippen molar-refractivity contribution >= 4 is 57.8 Å². The number of thioether (sulfide) groups is 1. The molecular weight excluding hydrogens is 622 g/mol. The largest absolute Gasteiger partial charge is 0.490 e. The number of thiazole rings is 1. The monoisotopic (exact) mass is 648 g/mol. The number of ether oxygens (including phenoxy) is 1. The number of nitrogen functional groups attached to an aromatic ring is 1. The topological polar surface area (TPSA) is 138 Å². The van der Waals surface area contributed by atoms with Crippen LogP contribution in [0.4, 0.5) is 18.9 Å². The second kappa shape index (κ2) is 14.1. The van der Waals surface area contributed by atoms with Gasteiger partial charge in [0.1, 0.15) is 16.6 Å². The first-order valence-corrected chi connectivity index (χ1v) is 15.8. The van der Waals surface area contributed by atoms with Gasteiger partial charge in [-0.15, -0.1) is 34.4 Å². The molecule has 0 saturated heterocycles. The van der Waals surface area contributed by atoms with E-state index in [1.165, 1.54) is 28.9 Å². The van der Waals surface area contributed by atoms with Gasteiger partial charge in [-0.3, -0.25) is 10.2 Å². The molecule has 0 radical (unpaired) electrons. The molecular formula is C29H27F3N4O4S3. The molecule has 1 aliphatic carbocycles. The third-order valence-corrected chi connectivity index (χ3v) is 9.47. The van der Waals surface area contributed by atoms with Gasteiger partial charge in [0.15, 0.2) is 6.61 Å². The normalized spacial score (nSPS) is 12.5. The van der Waals surface area contributed by atoms with Crippen molar-refractivity contribution in [2.45, 2.75) is 36.1 Å². The molecule has 0 aliphatic heterocycles. The Balaban J connectivity index is 0.000000541. The number of aromatic nitrogens is 1. The van der Waals surface area contributed by atoms with E-state index in [0.717, 1.165) is 55.9 Å². The summed E-state index contributed by atoms with van der Waals surface area (Å²) in [5, 5.41) is 20.8. The molecule has 14 heteroatoms. The number of carboxylic acids is 1. The number of nitrogens with zero attached hydrogens (tertiary/aromatic N) is 1. The lowest BCUT2D eigenvalue weighted by Crippen LogP contribution is -2.21. The fourth-order valence-corrected chi connectivity index (χ4v) is 7.03. The number of hydrogen-bond acceptors (Lipinski definition) is 8. The molecule has 0 spiro atoms. The number of amidine groups is 1. The molecule has 226 valence electrons. The Kier molecular flexibility index (Phi) is 10.5. The zero-order valence-corrected chi connectivity index (χ0v) is 25.2. The van der Waals surface area contributed by atoms with E-state index < -0.39 is 12.1 Å². The number of benzene rings is 2. The summed E-state index contributed by atoms with van der Waals surface area (Å²) in [7, 11) is 0. The van der Waals surface area contributed by atoms with Crippen molar-refractivity contribution in [1.82, 2.24) is 4.98 Å². The Bertz CT molecular complexity index is 1640. The summed E-state index contributed by atoms with van der Waals surface area (Å²) in [4.78, 5) is 27.1. The lowest BCUT2D eigenvalue weighted by Gasteiger charge is -2.19. The number of carbonyl (C=O) groups is 2. The molecule has 0 unspecified atom stereocenters. The predicted octanol–water partition coefficient (Wildman–Crippen LogP) is 7.07. The fraction of sp³-hybridized carbons (Fsp3) is 0.241. The molecule has 0 fully saturated rings. The van der Waals surface area contributed by atoms with Gasteiger partial charge in [0.2, 0.25) is 0 Å². The Morgan fingerprint density at radius 3 is 2.58 bits per heavy atom. The van der Waals surface area contributed by atoms with Crippen LogP contribution in [0.3, 0.4) is 0 Å². The first-order chi connectivity index (χ1) is 20.5. The van der Waals surface area contributed by atoms with Gasteiger partial charge in [0, 0.05) is 22.2 Å². The van der Waals surface area contributed by atoms with Crippen molar-refractivity contribution in [3.63, 3.8) is 0 Å². The molecule has 0 bridgehead atoms. The fourth-order valence-electron chi connectivity index (χ4n) is 4.32. The first kappa shape index (κ1) is 32.0. The van der Waals surface area contributed by atoms with Crippen LogP contribution in [0.15, 0.2) is 58.1 Å². The van der Waals surface area contributed by atoms with Gasteiger partial charge >= 0.3 is 12.1 Å². The van der Waals surface area contributed by atoms with Crippen molar-refractivity contribution in [1.29, 1.82) is 5.41 Å². The lowest BCUT2D eigenvalue weighted by molar-refractivity contribution is -0.192. The molecule has 1 aliphatic rings. The third-order valence-electron chi connectivity index (χ3n) is 6.30. The summed E-state index contributed by atoms with van der Waals surface area (Å²) in [6.45, 7) is -0.0603. The highest BCUT2D eigenvalue weighted by Gasteiger charge is 2.38. The maximum absolute atomic E-state index is 12.6. The minimum atomic E-state index is -5.08. The number of aryl methyl sites for hydroxylation is 1. The van der Waals surface area contributed by atoms with Crippen LogP contribution in [0.5, 0.6) is 5.75 Å². The van der Waals surface area contributed by atoms with Crippen LogP contribution in [0.2, 0.25) is 0 Å². The van der Waals surface area contributed by atoms with E-state index in [9.17, 15) is 18.0 Å². The van der Waals surface area contributed by atoms with Crippen molar-refractivity contribution in [2.24, 2.45) is 5.73 Å². The quantitative estimate of drug-likeness (QED) is 0.0911. The molecule has 5 rings (SSSR count). The number of anilines is 1. The van der Waals surface area contributed by atoms with E-state index in [-0.39, 0.29) is 18.3 Å². The van der Waals surface area contributed by atoms with Crippen molar-refractivity contribution < 1.29 is 32.6 Å². The third kappa shape index (κ3) is 8.36. The summed E-state index contributed by atoms with van der Waals surface area (Å²) in [6.07, 6.45) is 1.37. The number of thiophene rings is 1. The highest BCUT2D eigenvalue weighted by Crippen LogP contribution is 2.40. The van der Waals surface area contributed by atoms with E-state index in [1.807, 2.05) is 54.1 Å². The van der Waals surface area contributed by atoms with Gasteiger partial charge in [0.05, 0.1) is 14.8 Å². The van der Waals surface area contributed by atoms with Crippen LogP contribution in [0.1, 0.15) is 28.8 Å². The number of fused-ring (bicyclic) bond motifs is 1. The minimum Gasteiger partial charge on any atom is -0.484 e. The summed E-state index contributed by atoms with van der Waals surface area (Å²) in [5.74, 6) is -2.24. The molecule has 2 heterocycles. The van der Waals surface area contributed by atoms with Gasteiger partial charge in [-0.2, -0.15) is 13.2 Å². The maximum atomic E-state index is 12.6. The number of alkyl halides is 3.